The van der Waals surface area contributed by atoms with E-state index in [1.807, 2.05) is 0 Å². The van der Waals surface area contributed by atoms with Crippen molar-refractivity contribution in [2.45, 2.75) is 45.3 Å². The van der Waals surface area contributed by atoms with Gasteiger partial charge in [-0.15, -0.1) is 0 Å². The van der Waals surface area contributed by atoms with E-state index in [4.69, 9.17) is 0 Å². The summed E-state index contributed by atoms with van der Waals surface area (Å²) in [6.45, 7) is 5.72. The van der Waals surface area contributed by atoms with Crippen molar-refractivity contribution in [2.75, 3.05) is 19.6 Å². The molecule has 1 heterocycles. The summed E-state index contributed by atoms with van der Waals surface area (Å²) >= 11 is 0. The Kier molecular flexibility index (Phi) is 5.44. The number of nitrogens with one attached hydrogen (secondary N) is 1. The van der Waals surface area contributed by atoms with Crippen LogP contribution in [0.1, 0.15) is 33.1 Å². The molecule has 1 aliphatic rings. The predicted octanol–water partition coefficient (Wildman–Crippen LogP) is 2.18. The topological polar surface area (TPSA) is 32.3 Å². The molecule has 1 fully saturated rings. The minimum absolute atomic E-state index is 0.185. The lowest BCUT2D eigenvalue weighted by molar-refractivity contribution is -0.163. The standard InChI is InChI=1S/C12H21F3N2O/c1-9(2)17(11(18)7-12(13,14)15)8-10-3-5-16-6-4-10/h9-10,16H,3-8H2,1-2H3. The molecule has 18 heavy (non-hydrogen) atoms. The molecule has 0 bridgehead atoms. The minimum atomic E-state index is -4.42. The Morgan fingerprint density at radius 2 is 1.89 bits per heavy atom. The fraction of sp³-hybridized carbons (Fsp3) is 0.917. The summed E-state index contributed by atoms with van der Waals surface area (Å²) in [5.41, 5.74) is 0. The van der Waals surface area contributed by atoms with Crippen molar-refractivity contribution in [3.05, 3.63) is 0 Å². The van der Waals surface area contributed by atoms with Crippen molar-refractivity contribution in [1.29, 1.82) is 0 Å². The number of carbonyl (C=O) groups excluding carboxylic acids is 1. The molecule has 0 saturated carbocycles. The summed E-state index contributed by atoms with van der Waals surface area (Å²) in [7, 11) is 0. The number of carbonyl (C=O) groups is 1. The maximum Gasteiger partial charge on any atom is 0.397 e. The lowest BCUT2D eigenvalue weighted by Crippen LogP contribution is -2.44. The van der Waals surface area contributed by atoms with Crippen LogP contribution in [0.2, 0.25) is 0 Å². The monoisotopic (exact) mass is 266 g/mol. The van der Waals surface area contributed by atoms with Gasteiger partial charge in [-0.3, -0.25) is 4.79 Å². The largest absolute Gasteiger partial charge is 0.397 e. The molecule has 0 radical (unpaired) electrons. The maximum absolute atomic E-state index is 12.3. The van der Waals surface area contributed by atoms with E-state index in [9.17, 15) is 18.0 Å². The van der Waals surface area contributed by atoms with Gasteiger partial charge in [0.05, 0.1) is 0 Å². The smallest absolute Gasteiger partial charge is 0.340 e. The second-order valence-electron chi connectivity index (χ2n) is 5.13. The van der Waals surface area contributed by atoms with Crippen molar-refractivity contribution in [3.8, 4) is 0 Å². The molecule has 106 valence electrons. The predicted molar refractivity (Wildman–Crippen MR) is 63.1 cm³/mol. The molecule has 0 aromatic carbocycles. The third-order valence-electron chi connectivity index (χ3n) is 3.21. The van der Waals surface area contributed by atoms with Gasteiger partial charge in [-0.1, -0.05) is 0 Å². The normalized spacial score (nSPS) is 18.1. The van der Waals surface area contributed by atoms with Gasteiger partial charge in [0.1, 0.15) is 6.42 Å². The van der Waals surface area contributed by atoms with Crippen molar-refractivity contribution in [3.63, 3.8) is 0 Å². The third kappa shape index (κ3) is 5.25. The number of amides is 1. The quantitative estimate of drug-likeness (QED) is 0.846. The van der Waals surface area contributed by atoms with E-state index in [2.05, 4.69) is 5.32 Å². The molecule has 0 unspecified atom stereocenters. The van der Waals surface area contributed by atoms with Gasteiger partial charge in [0, 0.05) is 12.6 Å². The molecule has 1 N–H and O–H groups in total. The van der Waals surface area contributed by atoms with Crippen LogP contribution in [0.4, 0.5) is 13.2 Å². The number of rotatable bonds is 4. The van der Waals surface area contributed by atoms with Crippen molar-refractivity contribution in [1.82, 2.24) is 10.2 Å². The molecular weight excluding hydrogens is 245 g/mol. The first-order chi connectivity index (χ1) is 8.29. The van der Waals surface area contributed by atoms with Crippen LogP contribution in [0.15, 0.2) is 0 Å². The molecule has 0 aromatic heterocycles. The first-order valence-corrected chi connectivity index (χ1v) is 6.36. The van der Waals surface area contributed by atoms with E-state index < -0.39 is 18.5 Å². The molecule has 1 amide bonds. The van der Waals surface area contributed by atoms with Gasteiger partial charge in [0.15, 0.2) is 0 Å². The molecular formula is C12H21F3N2O. The first kappa shape index (κ1) is 15.3. The van der Waals surface area contributed by atoms with Crippen LogP contribution >= 0.6 is 0 Å². The molecule has 0 aromatic rings. The highest BCUT2D eigenvalue weighted by Gasteiger charge is 2.34. The van der Waals surface area contributed by atoms with Crippen molar-refractivity contribution < 1.29 is 18.0 Å². The summed E-state index contributed by atoms with van der Waals surface area (Å²) in [5, 5.41) is 3.20. The van der Waals surface area contributed by atoms with Gasteiger partial charge in [-0.05, 0) is 45.7 Å². The summed E-state index contributed by atoms with van der Waals surface area (Å²) in [5.74, 6) is -0.498. The molecule has 6 heteroatoms. The number of alkyl halides is 3. The number of halogens is 3. The Hall–Kier alpha value is -0.780. The van der Waals surface area contributed by atoms with Crippen LogP contribution in [-0.2, 0) is 4.79 Å². The van der Waals surface area contributed by atoms with Crippen LogP contribution in [0.25, 0.3) is 0 Å². The van der Waals surface area contributed by atoms with Crippen LogP contribution in [0, 0.1) is 5.92 Å². The Morgan fingerprint density at radius 3 is 2.33 bits per heavy atom. The number of nitrogens with zero attached hydrogens (tertiary/aromatic N) is 1. The van der Waals surface area contributed by atoms with E-state index in [1.165, 1.54) is 4.90 Å². The highest BCUT2D eigenvalue weighted by molar-refractivity contribution is 5.77. The average molecular weight is 266 g/mol. The zero-order valence-corrected chi connectivity index (χ0v) is 10.9. The second-order valence-corrected chi connectivity index (χ2v) is 5.13. The fourth-order valence-corrected chi connectivity index (χ4v) is 2.22. The van der Waals surface area contributed by atoms with Gasteiger partial charge < -0.3 is 10.2 Å². The number of hydrogen-bond acceptors (Lipinski definition) is 2. The highest BCUT2D eigenvalue weighted by atomic mass is 19.4. The summed E-state index contributed by atoms with van der Waals surface area (Å²) in [6, 6.07) is -0.185. The molecule has 1 rings (SSSR count). The number of piperidine rings is 1. The zero-order valence-electron chi connectivity index (χ0n) is 10.9. The van der Waals surface area contributed by atoms with E-state index >= 15 is 0 Å². The molecule has 0 spiro atoms. The Bertz CT molecular complexity index is 273. The van der Waals surface area contributed by atoms with E-state index in [1.54, 1.807) is 13.8 Å². The van der Waals surface area contributed by atoms with Crippen LogP contribution in [0.5, 0.6) is 0 Å². The van der Waals surface area contributed by atoms with Crippen LogP contribution in [-0.4, -0.2) is 42.7 Å². The van der Waals surface area contributed by atoms with Crippen LogP contribution in [0.3, 0.4) is 0 Å². The lowest BCUT2D eigenvalue weighted by Gasteiger charge is -2.33. The molecule has 0 aliphatic carbocycles. The molecule has 1 aliphatic heterocycles. The third-order valence-corrected chi connectivity index (χ3v) is 3.21. The zero-order chi connectivity index (χ0) is 13.8. The van der Waals surface area contributed by atoms with Gasteiger partial charge in [-0.2, -0.15) is 13.2 Å². The Morgan fingerprint density at radius 1 is 1.33 bits per heavy atom. The maximum atomic E-state index is 12.3. The highest BCUT2D eigenvalue weighted by Crippen LogP contribution is 2.23. The molecule has 1 saturated heterocycles. The Balaban J connectivity index is 2.55. The van der Waals surface area contributed by atoms with Crippen LogP contribution < -0.4 is 5.32 Å². The average Bonchev–Trinajstić information content (AvgIpc) is 2.24. The van der Waals surface area contributed by atoms with Gasteiger partial charge >= 0.3 is 6.18 Å². The lowest BCUT2D eigenvalue weighted by atomic mass is 9.97. The first-order valence-electron chi connectivity index (χ1n) is 6.36. The SMILES string of the molecule is CC(C)N(CC1CCNCC1)C(=O)CC(F)(F)F. The molecule has 3 nitrogen and oxygen atoms in total. The van der Waals surface area contributed by atoms with Gasteiger partial charge in [0.2, 0.25) is 5.91 Å². The number of hydrogen-bond donors (Lipinski definition) is 1. The summed E-state index contributed by atoms with van der Waals surface area (Å²) in [4.78, 5) is 13.0. The summed E-state index contributed by atoms with van der Waals surface area (Å²) < 4.78 is 36.8. The fourth-order valence-electron chi connectivity index (χ4n) is 2.22. The second kappa shape index (κ2) is 6.41. The van der Waals surface area contributed by atoms with Crippen molar-refractivity contribution in [2.24, 2.45) is 5.92 Å². The van der Waals surface area contributed by atoms with E-state index in [0.29, 0.717) is 12.5 Å². The van der Waals surface area contributed by atoms with Gasteiger partial charge in [0.25, 0.3) is 0 Å². The molecule has 0 atom stereocenters. The van der Waals surface area contributed by atoms with E-state index in [-0.39, 0.29) is 6.04 Å². The summed E-state index contributed by atoms with van der Waals surface area (Å²) in [6.07, 6.45) is -3.93. The van der Waals surface area contributed by atoms with Crippen molar-refractivity contribution >= 4 is 5.91 Å². The van der Waals surface area contributed by atoms with Gasteiger partial charge in [-0.25, -0.2) is 0 Å². The minimum Gasteiger partial charge on any atom is -0.340 e. The Labute approximate surface area is 106 Å². The van der Waals surface area contributed by atoms with E-state index in [0.717, 1.165) is 25.9 Å².